The Hall–Kier alpha value is -3.10. The number of nitriles is 1. The molecule has 3 rings (SSSR count). The molecule has 5 nitrogen and oxygen atoms in total. The van der Waals surface area contributed by atoms with E-state index in [4.69, 9.17) is 4.74 Å². The predicted octanol–water partition coefficient (Wildman–Crippen LogP) is 2.63. The lowest BCUT2D eigenvalue weighted by Gasteiger charge is -2.25. The van der Waals surface area contributed by atoms with Crippen molar-refractivity contribution in [1.29, 1.82) is 5.26 Å². The number of nitrogens with one attached hydrogen (secondary N) is 1. The molecule has 132 valence electrons. The fourth-order valence-corrected chi connectivity index (χ4v) is 2.89. The number of hydrogen-bond acceptors (Lipinski definition) is 4. The zero-order chi connectivity index (χ0) is 18.2. The molecule has 1 amide bonds. The van der Waals surface area contributed by atoms with Crippen LogP contribution in [0.1, 0.15) is 17.2 Å². The molecule has 0 saturated carbocycles. The van der Waals surface area contributed by atoms with E-state index in [9.17, 15) is 10.1 Å². The predicted molar refractivity (Wildman–Crippen MR) is 99.0 cm³/mol. The van der Waals surface area contributed by atoms with Crippen molar-refractivity contribution < 1.29 is 9.53 Å². The summed E-state index contributed by atoms with van der Waals surface area (Å²) in [7, 11) is 0. The van der Waals surface area contributed by atoms with Gasteiger partial charge in [-0.2, -0.15) is 5.26 Å². The van der Waals surface area contributed by atoms with Crippen LogP contribution < -0.4 is 5.32 Å². The number of rotatable bonds is 5. The highest BCUT2D eigenvalue weighted by atomic mass is 16.5. The summed E-state index contributed by atoms with van der Waals surface area (Å²) in [6.45, 7) is 2.57. The Morgan fingerprint density at radius 2 is 1.58 bits per heavy atom. The van der Waals surface area contributed by atoms with E-state index in [0.29, 0.717) is 26.3 Å². The number of benzene rings is 2. The summed E-state index contributed by atoms with van der Waals surface area (Å²) >= 11 is 0. The van der Waals surface area contributed by atoms with Gasteiger partial charge >= 0.3 is 0 Å². The quantitative estimate of drug-likeness (QED) is 0.667. The van der Waals surface area contributed by atoms with Crippen molar-refractivity contribution in [1.82, 2.24) is 10.2 Å². The van der Waals surface area contributed by atoms with E-state index in [0.717, 1.165) is 11.1 Å². The maximum Gasteiger partial charge on any atom is 0.264 e. The summed E-state index contributed by atoms with van der Waals surface area (Å²) in [6, 6.07) is 21.2. The average molecular weight is 347 g/mol. The molecule has 5 heteroatoms. The number of ether oxygens (including phenoxy) is 1. The number of morpholine rings is 1. The van der Waals surface area contributed by atoms with Gasteiger partial charge in [-0.25, -0.2) is 0 Å². The lowest BCUT2D eigenvalue weighted by Crippen LogP contribution is -2.35. The minimum Gasteiger partial charge on any atom is -0.378 e. The third-order valence-electron chi connectivity index (χ3n) is 4.26. The van der Waals surface area contributed by atoms with Gasteiger partial charge in [0.25, 0.3) is 5.91 Å². The Labute approximate surface area is 153 Å². The molecule has 1 aliphatic heterocycles. The standard InChI is InChI=1S/C21H21N3O2/c22-15-19(16-24-11-13-26-14-12-24)21(25)23-20(17-7-3-1-4-8-17)18-9-5-2-6-10-18/h1-10,16,20H,11-14H2,(H,23,25)/b19-16-. The summed E-state index contributed by atoms with van der Waals surface area (Å²) in [6.07, 6.45) is 1.63. The van der Waals surface area contributed by atoms with Crippen LogP contribution >= 0.6 is 0 Å². The maximum atomic E-state index is 12.7. The third kappa shape index (κ3) is 4.50. The monoisotopic (exact) mass is 347 g/mol. The van der Waals surface area contributed by atoms with Crippen LogP contribution in [0.15, 0.2) is 72.4 Å². The van der Waals surface area contributed by atoms with Crippen LogP contribution in [-0.4, -0.2) is 37.1 Å². The Morgan fingerprint density at radius 3 is 2.08 bits per heavy atom. The van der Waals surface area contributed by atoms with Gasteiger partial charge in [0, 0.05) is 19.3 Å². The average Bonchev–Trinajstić information content (AvgIpc) is 2.72. The molecule has 0 spiro atoms. The van der Waals surface area contributed by atoms with Crippen LogP contribution in [0.5, 0.6) is 0 Å². The van der Waals surface area contributed by atoms with Crippen molar-refractivity contribution in [2.45, 2.75) is 6.04 Å². The summed E-state index contributed by atoms with van der Waals surface area (Å²) in [4.78, 5) is 14.7. The molecule has 0 bridgehead atoms. The van der Waals surface area contributed by atoms with Crippen molar-refractivity contribution in [2.24, 2.45) is 0 Å². The topological polar surface area (TPSA) is 65.4 Å². The fourth-order valence-electron chi connectivity index (χ4n) is 2.89. The van der Waals surface area contributed by atoms with Crippen molar-refractivity contribution in [3.05, 3.63) is 83.6 Å². The maximum absolute atomic E-state index is 12.7. The van der Waals surface area contributed by atoms with Crippen molar-refractivity contribution in [3.63, 3.8) is 0 Å². The number of nitrogens with zero attached hydrogens (tertiary/aromatic N) is 2. The summed E-state index contributed by atoms with van der Waals surface area (Å²) < 4.78 is 5.30. The normalized spacial score (nSPS) is 14.8. The van der Waals surface area contributed by atoms with Gasteiger partial charge in [0.2, 0.25) is 0 Å². The second-order valence-corrected chi connectivity index (χ2v) is 6.03. The summed E-state index contributed by atoms with van der Waals surface area (Å²) in [5.74, 6) is -0.378. The highest BCUT2D eigenvalue weighted by molar-refractivity contribution is 5.97. The second kappa shape index (κ2) is 8.84. The molecule has 0 aliphatic carbocycles. The summed E-state index contributed by atoms with van der Waals surface area (Å²) in [5, 5.41) is 12.4. The fraction of sp³-hybridized carbons (Fsp3) is 0.238. The van der Waals surface area contributed by atoms with Crippen LogP contribution in [0.3, 0.4) is 0 Å². The van der Waals surface area contributed by atoms with Gasteiger partial charge in [-0.15, -0.1) is 0 Å². The van der Waals surface area contributed by atoms with Gasteiger partial charge < -0.3 is 15.0 Å². The minimum atomic E-state index is -0.378. The first-order chi connectivity index (χ1) is 12.8. The molecular formula is C21H21N3O2. The van der Waals surface area contributed by atoms with Gasteiger partial charge in [0.1, 0.15) is 11.6 Å². The second-order valence-electron chi connectivity index (χ2n) is 6.03. The zero-order valence-electron chi connectivity index (χ0n) is 14.5. The molecule has 2 aromatic rings. The molecule has 1 N–H and O–H groups in total. The zero-order valence-corrected chi connectivity index (χ0v) is 14.5. The van der Waals surface area contributed by atoms with Gasteiger partial charge in [-0.1, -0.05) is 60.7 Å². The van der Waals surface area contributed by atoms with Crippen LogP contribution in [-0.2, 0) is 9.53 Å². The molecule has 1 saturated heterocycles. The highest BCUT2D eigenvalue weighted by Crippen LogP contribution is 2.22. The number of amides is 1. The van der Waals surface area contributed by atoms with E-state index in [1.807, 2.05) is 71.6 Å². The lowest BCUT2D eigenvalue weighted by molar-refractivity contribution is -0.117. The number of carbonyl (C=O) groups excluding carboxylic acids is 1. The van der Waals surface area contributed by atoms with E-state index in [1.54, 1.807) is 6.20 Å². The van der Waals surface area contributed by atoms with Crippen molar-refractivity contribution >= 4 is 5.91 Å². The Bertz CT molecular complexity index is 752. The Balaban J connectivity index is 1.83. The molecule has 0 atom stereocenters. The Morgan fingerprint density at radius 1 is 1.04 bits per heavy atom. The van der Waals surface area contributed by atoms with E-state index in [-0.39, 0.29) is 17.5 Å². The largest absolute Gasteiger partial charge is 0.378 e. The van der Waals surface area contributed by atoms with E-state index < -0.39 is 0 Å². The summed E-state index contributed by atoms with van der Waals surface area (Å²) in [5.41, 5.74) is 2.04. The van der Waals surface area contributed by atoms with E-state index in [1.165, 1.54) is 0 Å². The SMILES string of the molecule is N#C/C(=C/N1CCOCC1)C(=O)NC(c1ccccc1)c1ccccc1. The first-order valence-corrected chi connectivity index (χ1v) is 8.62. The molecule has 0 aromatic heterocycles. The Kier molecular flexibility index (Phi) is 6.02. The molecule has 2 aromatic carbocycles. The van der Waals surface area contributed by atoms with Gasteiger partial charge in [-0.3, -0.25) is 4.79 Å². The van der Waals surface area contributed by atoms with E-state index >= 15 is 0 Å². The van der Waals surface area contributed by atoms with Crippen LogP contribution in [0.4, 0.5) is 0 Å². The van der Waals surface area contributed by atoms with Crippen LogP contribution in [0, 0.1) is 11.3 Å². The number of carbonyl (C=O) groups is 1. The molecular weight excluding hydrogens is 326 g/mol. The molecule has 1 heterocycles. The molecule has 1 fully saturated rings. The minimum absolute atomic E-state index is 0.101. The van der Waals surface area contributed by atoms with Crippen molar-refractivity contribution in [3.8, 4) is 6.07 Å². The number of hydrogen-bond donors (Lipinski definition) is 1. The molecule has 0 unspecified atom stereocenters. The van der Waals surface area contributed by atoms with Crippen LogP contribution in [0.25, 0.3) is 0 Å². The highest BCUT2D eigenvalue weighted by Gasteiger charge is 2.20. The smallest absolute Gasteiger partial charge is 0.264 e. The third-order valence-corrected chi connectivity index (χ3v) is 4.26. The molecule has 0 radical (unpaired) electrons. The van der Waals surface area contributed by atoms with E-state index in [2.05, 4.69) is 5.32 Å². The molecule has 1 aliphatic rings. The first kappa shape index (κ1) is 17.7. The molecule has 26 heavy (non-hydrogen) atoms. The van der Waals surface area contributed by atoms with Crippen LogP contribution in [0.2, 0.25) is 0 Å². The van der Waals surface area contributed by atoms with Gasteiger partial charge in [0.05, 0.1) is 19.3 Å². The lowest BCUT2D eigenvalue weighted by atomic mass is 9.98. The first-order valence-electron chi connectivity index (χ1n) is 8.62. The van der Waals surface area contributed by atoms with Gasteiger partial charge in [0.15, 0.2) is 0 Å². The van der Waals surface area contributed by atoms with Gasteiger partial charge in [-0.05, 0) is 11.1 Å². The van der Waals surface area contributed by atoms with Crippen molar-refractivity contribution in [2.75, 3.05) is 26.3 Å².